The quantitative estimate of drug-likeness (QED) is 0.434. The number of hydrogen-bond acceptors (Lipinski definition) is 0. The second-order valence-corrected chi connectivity index (χ2v) is 4.46. The van der Waals surface area contributed by atoms with E-state index in [9.17, 15) is 0 Å². The van der Waals surface area contributed by atoms with Crippen molar-refractivity contribution in [2.75, 3.05) is 14.1 Å². The van der Waals surface area contributed by atoms with Gasteiger partial charge >= 0.3 is 0 Å². The fraction of sp³-hybridized carbons (Fsp3) is 0.118. The van der Waals surface area contributed by atoms with Crippen LogP contribution in [0.2, 0.25) is 0 Å². The van der Waals surface area contributed by atoms with Crippen molar-refractivity contribution < 1.29 is 4.58 Å². The van der Waals surface area contributed by atoms with Crippen LogP contribution in [0.3, 0.4) is 0 Å². The lowest BCUT2D eigenvalue weighted by molar-refractivity contribution is -0.458. The van der Waals surface area contributed by atoms with Crippen molar-refractivity contribution in [2.45, 2.75) is 0 Å². The largest absolute Gasteiger partial charge is 0.241 e. The van der Waals surface area contributed by atoms with Crippen molar-refractivity contribution >= 4 is 23.1 Å². The Balaban J connectivity index is 2.14. The smallest absolute Gasteiger partial charge is 0.162 e. The average Bonchev–Trinajstić information content (AvgIpc) is 2.38. The van der Waals surface area contributed by atoms with E-state index in [2.05, 4.69) is 54.6 Å². The van der Waals surface area contributed by atoms with Gasteiger partial charge in [0, 0.05) is 6.08 Å². The summed E-state index contributed by atoms with van der Waals surface area (Å²) < 4.78 is 2.01. The van der Waals surface area contributed by atoms with Gasteiger partial charge in [-0.25, -0.2) is 4.58 Å². The molecule has 0 saturated carbocycles. The van der Waals surface area contributed by atoms with Crippen LogP contribution in [0.15, 0.2) is 60.7 Å². The van der Waals surface area contributed by atoms with Gasteiger partial charge in [-0.1, -0.05) is 54.6 Å². The van der Waals surface area contributed by atoms with Gasteiger partial charge in [-0.3, -0.25) is 0 Å². The van der Waals surface area contributed by atoms with Crippen LogP contribution in [0.1, 0.15) is 5.56 Å². The Labute approximate surface area is 108 Å². The average molecular weight is 236 g/mol. The van der Waals surface area contributed by atoms with Crippen molar-refractivity contribution in [2.24, 2.45) is 0 Å². The van der Waals surface area contributed by atoms with Crippen molar-refractivity contribution in [3.63, 3.8) is 0 Å². The zero-order valence-electron chi connectivity index (χ0n) is 10.9. The summed E-state index contributed by atoms with van der Waals surface area (Å²) in [6.07, 6.45) is 10.3. The highest BCUT2D eigenvalue weighted by molar-refractivity contribution is 5.84. The molecule has 0 spiro atoms. The van der Waals surface area contributed by atoms with Gasteiger partial charge < -0.3 is 0 Å². The van der Waals surface area contributed by atoms with E-state index in [1.165, 1.54) is 16.3 Å². The second-order valence-electron chi connectivity index (χ2n) is 4.46. The monoisotopic (exact) mass is 236 g/mol. The number of rotatable bonds is 3. The third-order valence-corrected chi connectivity index (χ3v) is 2.67. The molecule has 0 aliphatic carbocycles. The van der Waals surface area contributed by atoms with Crippen LogP contribution in [0.5, 0.6) is 0 Å². The van der Waals surface area contributed by atoms with Crippen molar-refractivity contribution in [3.8, 4) is 0 Å². The molecular formula is C17H18N+. The molecule has 1 heteroatoms. The van der Waals surface area contributed by atoms with Gasteiger partial charge in [-0.05, 0) is 22.4 Å². The number of allylic oxidation sites excluding steroid dienone is 3. The molecule has 0 heterocycles. The summed E-state index contributed by atoms with van der Waals surface area (Å²) in [7, 11) is 4.02. The Morgan fingerprint density at radius 2 is 1.61 bits per heavy atom. The van der Waals surface area contributed by atoms with E-state index in [0.717, 1.165) is 0 Å². The van der Waals surface area contributed by atoms with Crippen molar-refractivity contribution in [1.82, 2.24) is 0 Å². The lowest BCUT2D eigenvalue weighted by Gasteiger charge is -1.98. The number of hydrogen-bond donors (Lipinski definition) is 0. The van der Waals surface area contributed by atoms with E-state index in [4.69, 9.17) is 0 Å². The topological polar surface area (TPSA) is 3.01 Å². The molecule has 18 heavy (non-hydrogen) atoms. The van der Waals surface area contributed by atoms with Crippen LogP contribution in [-0.4, -0.2) is 24.9 Å². The molecule has 0 saturated heterocycles. The first-order valence-corrected chi connectivity index (χ1v) is 6.09. The summed E-state index contributed by atoms with van der Waals surface area (Å²) in [6, 6.07) is 14.9. The molecule has 1 nitrogen and oxygen atoms in total. The Kier molecular flexibility index (Phi) is 4.08. The number of nitrogens with zero attached hydrogens (tertiary/aromatic N) is 1. The molecule has 2 aromatic carbocycles. The Bertz CT molecular complexity index is 614. The van der Waals surface area contributed by atoms with Gasteiger partial charge in [0.2, 0.25) is 0 Å². The molecule has 0 fully saturated rings. The first kappa shape index (κ1) is 12.3. The minimum absolute atomic E-state index is 1.23. The van der Waals surface area contributed by atoms with Crippen molar-refractivity contribution in [1.29, 1.82) is 0 Å². The predicted octanol–water partition coefficient (Wildman–Crippen LogP) is 3.75. The van der Waals surface area contributed by atoms with Gasteiger partial charge in [-0.2, -0.15) is 0 Å². The van der Waals surface area contributed by atoms with Crippen LogP contribution in [-0.2, 0) is 0 Å². The lowest BCUT2D eigenvalue weighted by Crippen LogP contribution is -1.94. The van der Waals surface area contributed by atoms with Crippen molar-refractivity contribution in [3.05, 3.63) is 66.3 Å². The summed E-state index contributed by atoms with van der Waals surface area (Å²) in [5.74, 6) is 0. The molecule has 0 unspecified atom stereocenters. The van der Waals surface area contributed by atoms with E-state index >= 15 is 0 Å². The van der Waals surface area contributed by atoms with Crippen LogP contribution in [0.4, 0.5) is 0 Å². The van der Waals surface area contributed by atoms with E-state index < -0.39 is 0 Å². The minimum atomic E-state index is 1.23. The molecule has 0 aliphatic rings. The molecule has 0 aliphatic heterocycles. The molecule has 2 rings (SSSR count). The molecule has 0 amide bonds. The standard InChI is InChI=1S/C17H18N/c1-18(2)13-7-3-4-8-15-11-12-16-9-5-6-10-17(16)14-15/h3-14H,1-2H3/q+1/b7-3+,8-4+. The number of benzene rings is 2. The Morgan fingerprint density at radius 3 is 2.39 bits per heavy atom. The van der Waals surface area contributed by atoms with E-state index in [0.29, 0.717) is 0 Å². The van der Waals surface area contributed by atoms with Gasteiger partial charge in [-0.15, -0.1) is 0 Å². The first-order valence-electron chi connectivity index (χ1n) is 6.09. The zero-order chi connectivity index (χ0) is 12.8. The highest BCUT2D eigenvalue weighted by atomic mass is 14.9. The lowest BCUT2D eigenvalue weighted by atomic mass is 10.1. The maximum Gasteiger partial charge on any atom is 0.162 e. The van der Waals surface area contributed by atoms with Crippen LogP contribution < -0.4 is 0 Å². The predicted molar refractivity (Wildman–Crippen MR) is 80.3 cm³/mol. The second kappa shape index (κ2) is 5.97. The molecule has 90 valence electrons. The van der Waals surface area contributed by atoms with Gasteiger partial charge in [0.25, 0.3) is 0 Å². The summed E-state index contributed by atoms with van der Waals surface area (Å²) in [6.45, 7) is 0. The normalized spacial score (nSPS) is 11.4. The molecule has 0 aromatic heterocycles. The highest BCUT2D eigenvalue weighted by Crippen LogP contribution is 2.16. The van der Waals surface area contributed by atoms with Gasteiger partial charge in [0.15, 0.2) is 6.21 Å². The Morgan fingerprint density at radius 1 is 0.833 bits per heavy atom. The summed E-state index contributed by atoms with van der Waals surface area (Å²) >= 11 is 0. The summed E-state index contributed by atoms with van der Waals surface area (Å²) in [5, 5.41) is 2.56. The van der Waals surface area contributed by atoms with Gasteiger partial charge in [0.1, 0.15) is 14.1 Å². The molecule has 0 atom stereocenters. The molecule has 0 bridgehead atoms. The summed E-state index contributed by atoms with van der Waals surface area (Å²) in [4.78, 5) is 0. The van der Waals surface area contributed by atoms with E-state index in [1.54, 1.807) is 0 Å². The summed E-state index contributed by atoms with van der Waals surface area (Å²) in [5.41, 5.74) is 1.23. The van der Waals surface area contributed by atoms with E-state index in [-0.39, 0.29) is 0 Å². The highest BCUT2D eigenvalue weighted by Gasteiger charge is 1.91. The van der Waals surface area contributed by atoms with Crippen LogP contribution in [0.25, 0.3) is 16.8 Å². The van der Waals surface area contributed by atoms with Crippen LogP contribution >= 0.6 is 0 Å². The fourth-order valence-electron chi connectivity index (χ4n) is 1.76. The van der Waals surface area contributed by atoms with E-state index in [1.807, 2.05) is 37.0 Å². The maximum atomic E-state index is 2.20. The zero-order valence-corrected chi connectivity index (χ0v) is 10.9. The molecule has 0 radical (unpaired) electrons. The minimum Gasteiger partial charge on any atom is -0.241 e. The Hall–Kier alpha value is -2.15. The SMILES string of the molecule is C[N+](C)=C/C=C/C=C/c1ccc2ccccc2c1. The molecular weight excluding hydrogens is 218 g/mol. The first-order chi connectivity index (χ1) is 8.75. The molecule has 0 N–H and O–H groups in total. The van der Waals surface area contributed by atoms with Crippen LogP contribution in [0, 0.1) is 0 Å². The maximum absolute atomic E-state index is 2.20. The van der Waals surface area contributed by atoms with Gasteiger partial charge in [0.05, 0.1) is 0 Å². The third kappa shape index (κ3) is 3.42. The molecule has 2 aromatic rings. The third-order valence-electron chi connectivity index (χ3n) is 2.67. The fourth-order valence-corrected chi connectivity index (χ4v) is 1.76. The number of fused-ring (bicyclic) bond motifs is 1.